The molecule has 0 saturated heterocycles. The lowest BCUT2D eigenvalue weighted by Gasteiger charge is -2.10. The summed E-state index contributed by atoms with van der Waals surface area (Å²) in [6, 6.07) is 19.0. The molecule has 1 aromatic heterocycles. The van der Waals surface area contributed by atoms with Crippen molar-refractivity contribution in [3.63, 3.8) is 0 Å². The summed E-state index contributed by atoms with van der Waals surface area (Å²) in [5.41, 5.74) is 2.05. The van der Waals surface area contributed by atoms with Crippen LogP contribution in [0, 0.1) is 11.3 Å². The molecular weight excluding hydrogens is 346 g/mol. The Labute approximate surface area is 155 Å². The van der Waals surface area contributed by atoms with Crippen molar-refractivity contribution < 1.29 is 23.5 Å². The maximum Gasteiger partial charge on any atom is 0.373 e. The number of methoxy groups -OCH3 is 1. The number of carbonyl (C=O) groups is 2. The number of hydrogen-bond acceptors (Lipinski definition) is 6. The maximum atomic E-state index is 12.6. The van der Waals surface area contributed by atoms with Crippen LogP contribution < -0.4 is 0 Å². The number of carbonyl (C=O) groups excluding carboxylic acids is 2. The Morgan fingerprint density at radius 3 is 2.41 bits per heavy atom. The molecule has 6 heteroatoms. The molecule has 0 amide bonds. The first-order valence-electron chi connectivity index (χ1n) is 8.06. The van der Waals surface area contributed by atoms with E-state index in [0.717, 1.165) is 0 Å². The standard InChI is InChI=1S/C21H15NO5/c1-25-21(24)19-11-10-15(27-19)13-26-20(23)18-9-5-4-8-17(18)16-7-3-2-6-14(16)12-22/h2-11H,13H2,1H3. The van der Waals surface area contributed by atoms with Crippen LogP contribution in [0.5, 0.6) is 0 Å². The minimum Gasteiger partial charge on any atom is -0.463 e. The van der Waals surface area contributed by atoms with Gasteiger partial charge in [0.15, 0.2) is 0 Å². The van der Waals surface area contributed by atoms with Crippen LogP contribution in [-0.4, -0.2) is 19.0 Å². The molecule has 0 spiro atoms. The summed E-state index contributed by atoms with van der Waals surface area (Å²) in [4.78, 5) is 24.0. The Kier molecular flexibility index (Phi) is 5.33. The molecule has 6 nitrogen and oxygen atoms in total. The zero-order valence-corrected chi connectivity index (χ0v) is 14.5. The smallest absolute Gasteiger partial charge is 0.373 e. The molecule has 0 bridgehead atoms. The summed E-state index contributed by atoms with van der Waals surface area (Å²) in [7, 11) is 1.25. The Hall–Kier alpha value is -3.85. The third kappa shape index (κ3) is 3.88. The summed E-state index contributed by atoms with van der Waals surface area (Å²) in [5.74, 6) is -0.814. The zero-order chi connectivity index (χ0) is 19.2. The maximum absolute atomic E-state index is 12.6. The molecule has 0 saturated carbocycles. The Morgan fingerprint density at radius 2 is 1.67 bits per heavy atom. The van der Waals surface area contributed by atoms with Gasteiger partial charge in [-0.2, -0.15) is 5.26 Å². The Balaban J connectivity index is 1.81. The molecule has 0 fully saturated rings. The van der Waals surface area contributed by atoms with Crippen LogP contribution >= 0.6 is 0 Å². The van der Waals surface area contributed by atoms with Crippen molar-refractivity contribution >= 4 is 11.9 Å². The molecule has 134 valence electrons. The second-order valence-corrected chi connectivity index (χ2v) is 5.54. The summed E-state index contributed by atoms with van der Waals surface area (Å²) in [6.07, 6.45) is 0. The monoisotopic (exact) mass is 361 g/mol. The second kappa shape index (κ2) is 8.02. The third-order valence-electron chi connectivity index (χ3n) is 3.88. The van der Waals surface area contributed by atoms with Gasteiger partial charge in [0.05, 0.1) is 24.3 Å². The number of nitriles is 1. The van der Waals surface area contributed by atoms with Crippen LogP contribution in [-0.2, 0) is 16.1 Å². The number of ether oxygens (including phenoxy) is 2. The normalized spacial score (nSPS) is 10.1. The molecule has 0 N–H and O–H groups in total. The highest BCUT2D eigenvalue weighted by Crippen LogP contribution is 2.27. The lowest BCUT2D eigenvalue weighted by molar-refractivity contribution is 0.0439. The topological polar surface area (TPSA) is 89.5 Å². The van der Waals surface area contributed by atoms with Crippen LogP contribution in [0.4, 0.5) is 0 Å². The molecule has 0 aliphatic heterocycles. The number of esters is 2. The van der Waals surface area contributed by atoms with E-state index in [9.17, 15) is 14.9 Å². The number of nitrogens with zero attached hydrogens (tertiary/aromatic N) is 1. The molecule has 0 radical (unpaired) electrons. The quantitative estimate of drug-likeness (QED) is 0.639. The van der Waals surface area contributed by atoms with Gasteiger partial charge in [-0.1, -0.05) is 36.4 Å². The van der Waals surface area contributed by atoms with Crippen LogP contribution in [0.15, 0.2) is 65.1 Å². The highest BCUT2D eigenvalue weighted by atomic mass is 16.5. The first kappa shape index (κ1) is 18.0. The molecule has 0 unspecified atom stereocenters. The average Bonchev–Trinajstić information content (AvgIpc) is 3.20. The van der Waals surface area contributed by atoms with Crippen molar-refractivity contribution in [3.8, 4) is 17.2 Å². The number of rotatable bonds is 5. The zero-order valence-electron chi connectivity index (χ0n) is 14.5. The minimum absolute atomic E-state index is 0.0342. The summed E-state index contributed by atoms with van der Waals surface area (Å²) in [6.45, 7) is -0.135. The van der Waals surface area contributed by atoms with Crippen molar-refractivity contribution in [2.24, 2.45) is 0 Å². The van der Waals surface area contributed by atoms with Crippen molar-refractivity contribution in [1.29, 1.82) is 5.26 Å². The first-order valence-corrected chi connectivity index (χ1v) is 8.06. The van der Waals surface area contributed by atoms with Gasteiger partial charge in [-0.3, -0.25) is 0 Å². The van der Waals surface area contributed by atoms with Gasteiger partial charge in [0, 0.05) is 5.56 Å². The highest BCUT2D eigenvalue weighted by Gasteiger charge is 2.17. The fourth-order valence-electron chi connectivity index (χ4n) is 2.59. The van der Waals surface area contributed by atoms with Crippen LogP contribution in [0.3, 0.4) is 0 Å². The van der Waals surface area contributed by atoms with E-state index < -0.39 is 11.9 Å². The van der Waals surface area contributed by atoms with Gasteiger partial charge in [-0.05, 0) is 29.8 Å². The van der Waals surface area contributed by atoms with E-state index in [1.54, 1.807) is 48.5 Å². The van der Waals surface area contributed by atoms with Crippen LogP contribution in [0.2, 0.25) is 0 Å². The highest BCUT2D eigenvalue weighted by molar-refractivity contribution is 5.98. The lowest BCUT2D eigenvalue weighted by Crippen LogP contribution is -2.07. The molecule has 0 atom stereocenters. The molecule has 3 aromatic rings. The number of hydrogen-bond donors (Lipinski definition) is 0. The number of benzene rings is 2. The summed E-state index contributed by atoms with van der Waals surface area (Å²) in [5, 5.41) is 9.31. The fraction of sp³-hybridized carbons (Fsp3) is 0.0952. The third-order valence-corrected chi connectivity index (χ3v) is 3.88. The summed E-state index contributed by atoms with van der Waals surface area (Å²) < 4.78 is 15.2. The molecule has 0 aliphatic rings. The van der Waals surface area contributed by atoms with E-state index >= 15 is 0 Å². The van der Waals surface area contributed by atoms with Gasteiger partial charge in [-0.15, -0.1) is 0 Å². The van der Waals surface area contributed by atoms with Crippen molar-refractivity contribution in [2.45, 2.75) is 6.61 Å². The predicted octanol–water partition coefficient (Wildman–Crippen LogP) is 3.96. The lowest BCUT2D eigenvalue weighted by atomic mass is 9.96. The predicted molar refractivity (Wildman–Crippen MR) is 95.8 cm³/mol. The van der Waals surface area contributed by atoms with E-state index in [2.05, 4.69) is 10.8 Å². The van der Waals surface area contributed by atoms with Gasteiger partial charge >= 0.3 is 11.9 Å². The molecule has 27 heavy (non-hydrogen) atoms. The molecule has 2 aromatic carbocycles. The van der Waals surface area contributed by atoms with Gasteiger partial charge in [-0.25, -0.2) is 9.59 Å². The average molecular weight is 361 g/mol. The molecule has 1 heterocycles. The minimum atomic E-state index is -0.606. The molecule has 0 aliphatic carbocycles. The van der Waals surface area contributed by atoms with Gasteiger partial charge in [0.2, 0.25) is 5.76 Å². The largest absolute Gasteiger partial charge is 0.463 e. The Bertz CT molecular complexity index is 1030. The SMILES string of the molecule is COC(=O)c1ccc(COC(=O)c2ccccc2-c2ccccc2C#N)o1. The molecular formula is C21H15NO5. The van der Waals surface area contributed by atoms with Gasteiger partial charge in [0.1, 0.15) is 12.4 Å². The second-order valence-electron chi connectivity index (χ2n) is 5.54. The van der Waals surface area contributed by atoms with Crippen LogP contribution in [0.25, 0.3) is 11.1 Å². The van der Waals surface area contributed by atoms with E-state index in [1.165, 1.54) is 19.2 Å². The number of furan rings is 1. The Morgan fingerprint density at radius 1 is 0.963 bits per heavy atom. The van der Waals surface area contributed by atoms with Gasteiger partial charge < -0.3 is 13.9 Å². The van der Waals surface area contributed by atoms with Crippen molar-refractivity contribution in [3.05, 3.63) is 83.3 Å². The van der Waals surface area contributed by atoms with E-state index in [-0.39, 0.29) is 12.4 Å². The summed E-state index contributed by atoms with van der Waals surface area (Å²) >= 11 is 0. The first-order chi connectivity index (χ1) is 13.1. The van der Waals surface area contributed by atoms with Gasteiger partial charge in [0.25, 0.3) is 0 Å². The van der Waals surface area contributed by atoms with Crippen molar-refractivity contribution in [1.82, 2.24) is 0 Å². The van der Waals surface area contributed by atoms with Crippen molar-refractivity contribution in [2.75, 3.05) is 7.11 Å². The van der Waals surface area contributed by atoms with E-state index in [0.29, 0.717) is 28.0 Å². The van der Waals surface area contributed by atoms with E-state index in [1.807, 2.05) is 0 Å². The van der Waals surface area contributed by atoms with E-state index in [4.69, 9.17) is 9.15 Å². The van der Waals surface area contributed by atoms with Crippen LogP contribution in [0.1, 0.15) is 32.2 Å². The fourth-order valence-corrected chi connectivity index (χ4v) is 2.59. The molecule has 3 rings (SSSR count).